The van der Waals surface area contributed by atoms with Gasteiger partial charge in [0.15, 0.2) is 0 Å². The van der Waals surface area contributed by atoms with Gasteiger partial charge in [-0.15, -0.1) is 0 Å². The zero-order chi connectivity index (χ0) is 17.0. The molecule has 5 nitrogen and oxygen atoms in total. The van der Waals surface area contributed by atoms with Crippen molar-refractivity contribution in [2.45, 2.75) is 6.54 Å². The van der Waals surface area contributed by atoms with Crippen molar-refractivity contribution >= 4 is 5.69 Å². The summed E-state index contributed by atoms with van der Waals surface area (Å²) < 4.78 is 10.6. The van der Waals surface area contributed by atoms with Crippen LogP contribution in [0.3, 0.4) is 0 Å². The van der Waals surface area contributed by atoms with E-state index in [1.807, 2.05) is 36.4 Å². The minimum Gasteiger partial charge on any atom is -0.497 e. The number of hydrogen-bond acceptors (Lipinski definition) is 5. The lowest BCUT2D eigenvalue weighted by Gasteiger charge is -2.12. The summed E-state index contributed by atoms with van der Waals surface area (Å²) >= 11 is 0. The lowest BCUT2D eigenvalue weighted by molar-refractivity contribution is 0.390. The summed E-state index contributed by atoms with van der Waals surface area (Å²) in [7, 11) is 3.34. The maximum absolute atomic E-state index is 5.40. The first kappa shape index (κ1) is 18.1. The molecule has 0 saturated carbocycles. The molecule has 0 atom stereocenters. The SMILES string of the molecule is COc1ccc(CNCCNCCNc2ccccc2)c(OC)c1. The Bertz CT molecular complexity index is 590. The predicted octanol–water partition coefficient (Wildman–Crippen LogP) is 2.50. The topological polar surface area (TPSA) is 54.5 Å². The van der Waals surface area contributed by atoms with Crippen molar-refractivity contribution < 1.29 is 9.47 Å². The van der Waals surface area contributed by atoms with Crippen LogP contribution < -0.4 is 25.4 Å². The first-order valence-corrected chi connectivity index (χ1v) is 8.24. The molecule has 2 rings (SSSR count). The Morgan fingerprint density at radius 3 is 2.29 bits per heavy atom. The van der Waals surface area contributed by atoms with Crippen molar-refractivity contribution in [2.24, 2.45) is 0 Å². The number of benzene rings is 2. The molecule has 0 fully saturated rings. The van der Waals surface area contributed by atoms with E-state index in [9.17, 15) is 0 Å². The van der Waals surface area contributed by atoms with Crippen LogP contribution in [-0.2, 0) is 6.54 Å². The number of methoxy groups -OCH3 is 2. The molecule has 0 saturated heterocycles. The summed E-state index contributed by atoms with van der Waals surface area (Å²) in [6.07, 6.45) is 0. The van der Waals surface area contributed by atoms with E-state index in [4.69, 9.17) is 9.47 Å². The average molecular weight is 329 g/mol. The van der Waals surface area contributed by atoms with Gasteiger partial charge in [-0.05, 0) is 18.2 Å². The first-order chi connectivity index (χ1) is 11.8. The maximum atomic E-state index is 5.40. The van der Waals surface area contributed by atoms with Crippen LogP contribution in [-0.4, -0.2) is 40.4 Å². The van der Waals surface area contributed by atoms with Crippen LogP contribution >= 0.6 is 0 Å². The van der Waals surface area contributed by atoms with E-state index in [1.54, 1.807) is 14.2 Å². The molecular weight excluding hydrogens is 302 g/mol. The Morgan fingerprint density at radius 1 is 0.792 bits per heavy atom. The van der Waals surface area contributed by atoms with Gasteiger partial charge in [-0.25, -0.2) is 0 Å². The Hall–Kier alpha value is -2.24. The van der Waals surface area contributed by atoms with Crippen LogP contribution in [0.25, 0.3) is 0 Å². The molecule has 2 aromatic rings. The molecule has 2 aromatic carbocycles. The number of ether oxygens (including phenoxy) is 2. The third-order valence-electron chi connectivity index (χ3n) is 3.69. The minimum absolute atomic E-state index is 0.775. The highest BCUT2D eigenvalue weighted by atomic mass is 16.5. The maximum Gasteiger partial charge on any atom is 0.127 e. The van der Waals surface area contributed by atoms with Crippen LogP contribution in [0.5, 0.6) is 11.5 Å². The molecule has 0 aliphatic carbocycles. The van der Waals surface area contributed by atoms with Crippen molar-refractivity contribution in [3.05, 3.63) is 54.1 Å². The van der Waals surface area contributed by atoms with E-state index in [0.29, 0.717) is 0 Å². The summed E-state index contributed by atoms with van der Waals surface area (Å²) in [5, 5.41) is 10.2. The number of hydrogen-bond donors (Lipinski definition) is 3. The summed E-state index contributed by atoms with van der Waals surface area (Å²) in [6, 6.07) is 16.1. The molecule has 5 heteroatoms. The third kappa shape index (κ3) is 6.10. The Morgan fingerprint density at radius 2 is 1.54 bits per heavy atom. The summed E-state index contributed by atoms with van der Waals surface area (Å²) in [5.74, 6) is 1.66. The number of nitrogens with one attached hydrogen (secondary N) is 3. The largest absolute Gasteiger partial charge is 0.497 e. The Balaban J connectivity index is 1.57. The van der Waals surface area contributed by atoms with Gasteiger partial charge in [0, 0.05) is 50.0 Å². The molecule has 0 radical (unpaired) electrons. The van der Waals surface area contributed by atoms with Crippen LogP contribution in [0.4, 0.5) is 5.69 Å². The molecule has 0 amide bonds. The fourth-order valence-corrected chi connectivity index (χ4v) is 2.37. The van der Waals surface area contributed by atoms with E-state index in [2.05, 4.69) is 28.1 Å². The molecular formula is C19H27N3O2. The van der Waals surface area contributed by atoms with Crippen molar-refractivity contribution in [3.63, 3.8) is 0 Å². The van der Waals surface area contributed by atoms with Gasteiger partial charge >= 0.3 is 0 Å². The lowest BCUT2D eigenvalue weighted by atomic mass is 10.2. The van der Waals surface area contributed by atoms with Gasteiger partial charge < -0.3 is 25.4 Å². The van der Waals surface area contributed by atoms with Gasteiger partial charge in [0.1, 0.15) is 11.5 Å². The molecule has 0 heterocycles. The van der Waals surface area contributed by atoms with Crippen LogP contribution in [0.1, 0.15) is 5.56 Å². The van der Waals surface area contributed by atoms with Crippen molar-refractivity contribution in [1.82, 2.24) is 10.6 Å². The van der Waals surface area contributed by atoms with Crippen LogP contribution in [0.15, 0.2) is 48.5 Å². The van der Waals surface area contributed by atoms with Gasteiger partial charge in [0.05, 0.1) is 14.2 Å². The first-order valence-electron chi connectivity index (χ1n) is 8.24. The second kappa shape index (κ2) is 10.5. The van der Waals surface area contributed by atoms with Gasteiger partial charge in [-0.3, -0.25) is 0 Å². The van der Waals surface area contributed by atoms with E-state index < -0.39 is 0 Å². The zero-order valence-electron chi connectivity index (χ0n) is 14.5. The molecule has 130 valence electrons. The Kier molecular flexibility index (Phi) is 7.93. The third-order valence-corrected chi connectivity index (χ3v) is 3.69. The highest BCUT2D eigenvalue weighted by Gasteiger charge is 2.04. The van der Waals surface area contributed by atoms with Gasteiger partial charge in [-0.1, -0.05) is 24.3 Å². The highest BCUT2D eigenvalue weighted by Crippen LogP contribution is 2.24. The highest BCUT2D eigenvalue weighted by molar-refractivity contribution is 5.42. The molecule has 0 spiro atoms. The number of rotatable bonds is 11. The monoisotopic (exact) mass is 329 g/mol. The van der Waals surface area contributed by atoms with E-state index >= 15 is 0 Å². The molecule has 0 aliphatic heterocycles. The fraction of sp³-hybridized carbons (Fsp3) is 0.368. The fourth-order valence-electron chi connectivity index (χ4n) is 2.37. The van der Waals surface area contributed by atoms with Gasteiger partial charge in [-0.2, -0.15) is 0 Å². The van der Waals surface area contributed by atoms with E-state index in [0.717, 1.165) is 55.5 Å². The summed E-state index contributed by atoms with van der Waals surface area (Å²) in [5.41, 5.74) is 2.29. The molecule has 0 bridgehead atoms. The van der Waals surface area contributed by atoms with Crippen molar-refractivity contribution in [2.75, 3.05) is 45.7 Å². The number of anilines is 1. The number of para-hydroxylation sites is 1. The van der Waals surface area contributed by atoms with Crippen LogP contribution in [0.2, 0.25) is 0 Å². The molecule has 3 N–H and O–H groups in total. The minimum atomic E-state index is 0.775. The quantitative estimate of drug-likeness (QED) is 0.553. The molecule has 24 heavy (non-hydrogen) atoms. The molecule has 0 unspecified atom stereocenters. The van der Waals surface area contributed by atoms with E-state index in [-0.39, 0.29) is 0 Å². The van der Waals surface area contributed by atoms with E-state index in [1.165, 1.54) is 0 Å². The second-order valence-electron chi connectivity index (χ2n) is 5.40. The predicted molar refractivity (Wildman–Crippen MR) is 99.1 cm³/mol. The smallest absolute Gasteiger partial charge is 0.127 e. The van der Waals surface area contributed by atoms with Gasteiger partial charge in [0.2, 0.25) is 0 Å². The summed E-state index contributed by atoms with van der Waals surface area (Å²) in [4.78, 5) is 0. The Labute approximate surface area is 144 Å². The zero-order valence-corrected chi connectivity index (χ0v) is 14.5. The standard InChI is InChI=1S/C19H27N3O2/c1-23-18-9-8-16(19(14-18)24-2)15-21-11-10-20-12-13-22-17-6-4-3-5-7-17/h3-9,14,20-22H,10-13,15H2,1-2H3. The van der Waals surface area contributed by atoms with Crippen molar-refractivity contribution in [3.8, 4) is 11.5 Å². The normalized spacial score (nSPS) is 10.4. The van der Waals surface area contributed by atoms with Gasteiger partial charge in [0.25, 0.3) is 0 Å². The van der Waals surface area contributed by atoms with Crippen LogP contribution in [0, 0.1) is 0 Å². The summed E-state index contributed by atoms with van der Waals surface area (Å²) in [6.45, 7) is 4.45. The lowest BCUT2D eigenvalue weighted by Crippen LogP contribution is -2.30. The molecule has 0 aliphatic rings. The average Bonchev–Trinajstić information content (AvgIpc) is 2.64. The molecule has 0 aromatic heterocycles. The van der Waals surface area contributed by atoms with Crippen molar-refractivity contribution in [1.29, 1.82) is 0 Å². The second-order valence-corrected chi connectivity index (χ2v) is 5.40.